The minimum atomic E-state index is -1.86. The first-order valence-corrected chi connectivity index (χ1v) is 3.20. The van der Waals surface area contributed by atoms with Gasteiger partial charge in [-0.1, -0.05) is 0 Å². The molecular formula is C8F5KN2. The van der Waals surface area contributed by atoms with E-state index in [1.54, 1.807) is 0 Å². The van der Waals surface area contributed by atoms with E-state index in [1.165, 1.54) is 0 Å². The van der Waals surface area contributed by atoms with Crippen LogP contribution in [0.2, 0.25) is 0 Å². The van der Waals surface area contributed by atoms with Crippen LogP contribution in [0.3, 0.4) is 0 Å². The number of hydrogen-bond acceptors (Lipinski definition) is 2. The van der Waals surface area contributed by atoms with Crippen LogP contribution in [0.4, 0.5) is 17.6 Å². The Labute approximate surface area is 129 Å². The Balaban J connectivity index is 0. The number of rotatable bonds is 0. The van der Waals surface area contributed by atoms with Gasteiger partial charge in [-0.05, 0) is 0 Å². The van der Waals surface area contributed by atoms with Gasteiger partial charge < -0.3 is 4.70 Å². The molecule has 0 bridgehead atoms. The van der Waals surface area contributed by atoms with Crippen LogP contribution in [0.5, 0.6) is 0 Å². The van der Waals surface area contributed by atoms with E-state index in [0.717, 1.165) is 12.1 Å². The summed E-state index contributed by atoms with van der Waals surface area (Å²) in [6.45, 7) is 0. The summed E-state index contributed by atoms with van der Waals surface area (Å²) in [5.74, 6) is -7.43. The maximum atomic E-state index is 12.7. The smallest absolute Gasteiger partial charge is 1.00 e. The van der Waals surface area contributed by atoms with Gasteiger partial charge >= 0.3 is 51.4 Å². The van der Waals surface area contributed by atoms with E-state index in [4.69, 9.17) is 10.5 Å². The molecule has 0 spiro atoms. The van der Waals surface area contributed by atoms with Crippen molar-refractivity contribution in [2.75, 3.05) is 0 Å². The molecule has 0 saturated heterocycles. The second kappa shape index (κ2) is 6.94. The zero-order valence-electron chi connectivity index (χ0n) is 7.78. The second-order valence-corrected chi connectivity index (χ2v) is 2.23. The van der Waals surface area contributed by atoms with Crippen LogP contribution in [-0.2, 0) is 0 Å². The maximum absolute atomic E-state index is 12.7. The number of nitrogens with zero attached hydrogens (tertiary/aromatic N) is 2. The molecule has 1 aromatic carbocycles. The molecule has 0 amide bonds. The van der Waals surface area contributed by atoms with Crippen molar-refractivity contribution in [1.29, 1.82) is 10.5 Å². The Hall–Kier alpha value is -0.514. The van der Waals surface area contributed by atoms with Crippen LogP contribution in [0.25, 0.3) is 0 Å². The average Bonchev–Trinajstić information content (AvgIpc) is 2.17. The fourth-order valence-electron chi connectivity index (χ4n) is 0.828. The molecule has 78 valence electrons. The van der Waals surface area contributed by atoms with Crippen molar-refractivity contribution in [3.63, 3.8) is 0 Å². The minimum absolute atomic E-state index is 0. The van der Waals surface area contributed by atoms with Crippen molar-refractivity contribution in [2.24, 2.45) is 0 Å². The Morgan fingerprint density at radius 1 is 0.688 bits per heavy atom. The van der Waals surface area contributed by atoms with Crippen molar-refractivity contribution >= 4 is 0 Å². The van der Waals surface area contributed by atoms with Crippen LogP contribution in [0.1, 0.15) is 11.1 Å². The molecule has 0 aliphatic rings. The molecule has 0 aliphatic heterocycles. The van der Waals surface area contributed by atoms with Crippen LogP contribution in [0.15, 0.2) is 0 Å². The van der Waals surface area contributed by atoms with Gasteiger partial charge in [-0.3, -0.25) is 0 Å². The fourth-order valence-corrected chi connectivity index (χ4v) is 0.828. The van der Waals surface area contributed by atoms with E-state index in [2.05, 4.69) is 0 Å². The van der Waals surface area contributed by atoms with Crippen molar-refractivity contribution in [1.82, 2.24) is 0 Å². The largest absolute Gasteiger partial charge is 1.00 e. The van der Waals surface area contributed by atoms with Crippen molar-refractivity contribution in [3.8, 4) is 12.1 Å². The zero-order valence-corrected chi connectivity index (χ0v) is 10.9. The Morgan fingerprint density at radius 2 is 0.875 bits per heavy atom. The van der Waals surface area contributed by atoms with E-state index in [1.807, 2.05) is 0 Å². The summed E-state index contributed by atoms with van der Waals surface area (Å²) in [6.07, 6.45) is 0. The molecule has 0 unspecified atom stereocenters. The summed E-state index contributed by atoms with van der Waals surface area (Å²) in [6, 6.07) is 1.91. The Morgan fingerprint density at radius 3 is 1.00 bits per heavy atom. The predicted molar refractivity (Wildman–Crippen MR) is 35.7 cm³/mol. The summed E-state index contributed by atoms with van der Waals surface area (Å²) < 4.78 is 50.9. The van der Waals surface area contributed by atoms with Gasteiger partial charge in [0.2, 0.25) is 0 Å². The number of benzene rings is 1. The molecule has 0 aliphatic carbocycles. The van der Waals surface area contributed by atoms with Gasteiger partial charge in [0.15, 0.2) is 23.3 Å². The predicted octanol–water partition coefficient (Wildman–Crippen LogP) is -4.01. The van der Waals surface area contributed by atoms with Gasteiger partial charge in [-0.2, -0.15) is 10.5 Å². The summed E-state index contributed by atoms with van der Waals surface area (Å²) in [5.41, 5.74) is -2.75. The van der Waals surface area contributed by atoms with Gasteiger partial charge in [-0.25, -0.2) is 17.6 Å². The Kier molecular flexibility index (Phi) is 7.75. The van der Waals surface area contributed by atoms with E-state index in [9.17, 15) is 17.6 Å². The third-order valence-electron chi connectivity index (χ3n) is 1.49. The summed E-state index contributed by atoms with van der Waals surface area (Å²) in [5, 5.41) is 16.3. The third-order valence-corrected chi connectivity index (χ3v) is 1.49. The van der Waals surface area contributed by atoms with Gasteiger partial charge in [0.25, 0.3) is 0 Å². The average molecular weight is 258 g/mol. The van der Waals surface area contributed by atoms with Crippen molar-refractivity contribution in [2.45, 2.75) is 0 Å². The molecule has 8 heteroatoms. The molecule has 0 radical (unpaired) electrons. The van der Waals surface area contributed by atoms with E-state index >= 15 is 0 Å². The summed E-state index contributed by atoms with van der Waals surface area (Å²) >= 11 is 0. The standard InChI is InChI=1S/C8F4N2.FH.K/c9-5-3(1-13)6(10)8(12)4(2-14)7(5)11;;/h;1H;/q;;+1/p-1. The fraction of sp³-hybridized carbons (Fsp3) is 0. The molecule has 1 aromatic rings. The van der Waals surface area contributed by atoms with Crippen molar-refractivity contribution < 1.29 is 73.7 Å². The molecule has 0 saturated carbocycles. The molecule has 16 heavy (non-hydrogen) atoms. The minimum Gasteiger partial charge on any atom is -1.00 e. The topological polar surface area (TPSA) is 47.6 Å². The van der Waals surface area contributed by atoms with Crippen LogP contribution in [0, 0.1) is 45.9 Å². The number of halogens is 5. The van der Waals surface area contributed by atoms with E-state index < -0.39 is 34.4 Å². The van der Waals surface area contributed by atoms with E-state index in [-0.39, 0.29) is 56.1 Å². The van der Waals surface area contributed by atoms with Gasteiger partial charge in [-0.15, -0.1) is 0 Å². The van der Waals surface area contributed by atoms with Crippen LogP contribution >= 0.6 is 0 Å². The quantitative estimate of drug-likeness (QED) is 0.270. The Bertz CT molecular complexity index is 415. The van der Waals surface area contributed by atoms with E-state index in [0.29, 0.717) is 0 Å². The van der Waals surface area contributed by atoms with Gasteiger partial charge in [0.05, 0.1) is 0 Å². The molecular weight excluding hydrogens is 258 g/mol. The maximum Gasteiger partial charge on any atom is 1.00 e. The first-order valence-electron chi connectivity index (χ1n) is 3.20. The van der Waals surface area contributed by atoms with Crippen LogP contribution < -0.4 is 56.1 Å². The van der Waals surface area contributed by atoms with Gasteiger partial charge in [0.1, 0.15) is 23.3 Å². The van der Waals surface area contributed by atoms with Crippen LogP contribution in [-0.4, -0.2) is 0 Å². The monoisotopic (exact) mass is 258 g/mol. The van der Waals surface area contributed by atoms with Gasteiger partial charge in [0, 0.05) is 0 Å². The normalized spacial score (nSPS) is 8.12. The molecule has 0 heterocycles. The first kappa shape index (κ1) is 17.9. The van der Waals surface area contributed by atoms with Crippen molar-refractivity contribution in [3.05, 3.63) is 34.4 Å². The number of nitriles is 2. The molecule has 0 atom stereocenters. The third kappa shape index (κ3) is 2.78. The molecule has 2 nitrogen and oxygen atoms in total. The SMILES string of the molecule is N#Cc1c(F)c(F)c(C#N)c(F)c1F.[F-].[K+]. The molecule has 0 aromatic heterocycles. The molecule has 0 fully saturated rings. The second-order valence-electron chi connectivity index (χ2n) is 2.23. The molecule has 0 N–H and O–H groups in total. The first-order chi connectivity index (χ1) is 6.54. The summed E-state index contributed by atoms with van der Waals surface area (Å²) in [4.78, 5) is 0. The zero-order chi connectivity index (χ0) is 10.9. The summed E-state index contributed by atoms with van der Waals surface area (Å²) in [7, 11) is 0. The molecule has 1 rings (SSSR count). The number of hydrogen-bond donors (Lipinski definition) is 0.